The van der Waals surface area contributed by atoms with Gasteiger partial charge in [0, 0.05) is 12.0 Å². The second-order valence-electron chi connectivity index (χ2n) is 4.24. The fraction of sp³-hybridized carbons (Fsp3) is 0.583. The highest BCUT2D eigenvalue weighted by atomic mass is 16.5. The van der Waals surface area contributed by atoms with Crippen LogP contribution < -0.4 is 5.56 Å². The van der Waals surface area contributed by atoms with E-state index in [-0.39, 0.29) is 5.56 Å². The van der Waals surface area contributed by atoms with Gasteiger partial charge in [-0.3, -0.25) is 4.79 Å². The molecule has 0 radical (unpaired) electrons. The summed E-state index contributed by atoms with van der Waals surface area (Å²) < 4.78 is 6.10. The lowest BCUT2D eigenvalue weighted by molar-refractivity contribution is -0.147. The number of nitrogens with zero attached hydrogens (tertiary/aromatic N) is 2. The molecule has 0 amide bonds. The van der Waals surface area contributed by atoms with Crippen molar-refractivity contribution in [1.82, 2.24) is 9.78 Å². The molecular weight excluding hydrogens is 220 g/mol. The van der Waals surface area contributed by atoms with E-state index in [1.807, 2.05) is 0 Å². The summed E-state index contributed by atoms with van der Waals surface area (Å²) in [7, 11) is 0. The predicted molar refractivity (Wildman–Crippen MR) is 61.8 cm³/mol. The average molecular weight is 236 g/mol. The molecule has 0 spiro atoms. The Hall–Kier alpha value is -1.65. The molecular formula is C12H16N2O3. The second kappa shape index (κ2) is 4.69. The molecule has 5 heteroatoms. The Kier molecular flexibility index (Phi) is 3.26. The zero-order chi connectivity index (χ0) is 12.4. The number of carbonyl (C=O) groups is 1. The van der Waals surface area contributed by atoms with Crippen LogP contribution >= 0.6 is 0 Å². The molecule has 5 nitrogen and oxygen atoms in total. The minimum atomic E-state index is -0.666. The summed E-state index contributed by atoms with van der Waals surface area (Å²) in [5.41, 5.74) is 0.621. The molecule has 0 aromatic carbocycles. The molecule has 2 rings (SSSR count). The molecule has 0 saturated heterocycles. The van der Waals surface area contributed by atoms with Gasteiger partial charge < -0.3 is 4.74 Å². The van der Waals surface area contributed by atoms with Crippen LogP contribution in [0.15, 0.2) is 16.9 Å². The average Bonchev–Trinajstić information content (AvgIpc) is 3.13. The van der Waals surface area contributed by atoms with Crippen molar-refractivity contribution in [3.8, 4) is 0 Å². The zero-order valence-corrected chi connectivity index (χ0v) is 10.0. The molecule has 0 N–H and O–H groups in total. The van der Waals surface area contributed by atoms with Gasteiger partial charge in [-0.2, -0.15) is 5.10 Å². The summed E-state index contributed by atoms with van der Waals surface area (Å²) in [5.74, 6) is 0.0336. The minimum absolute atomic E-state index is 0.269. The van der Waals surface area contributed by atoms with Crippen molar-refractivity contribution in [1.29, 1.82) is 0 Å². The third-order valence-electron chi connectivity index (χ3n) is 2.84. The van der Waals surface area contributed by atoms with E-state index < -0.39 is 12.0 Å². The van der Waals surface area contributed by atoms with Gasteiger partial charge in [0.25, 0.3) is 5.56 Å². The van der Waals surface area contributed by atoms with E-state index in [1.165, 1.54) is 10.7 Å². The van der Waals surface area contributed by atoms with Gasteiger partial charge in [0.05, 0.1) is 12.3 Å². The fourth-order valence-corrected chi connectivity index (χ4v) is 1.68. The summed E-state index contributed by atoms with van der Waals surface area (Å²) in [6.45, 7) is 3.67. The monoisotopic (exact) mass is 236 g/mol. The minimum Gasteiger partial charge on any atom is -0.464 e. The molecule has 0 unspecified atom stereocenters. The third kappa shape index (κ3) is 2.54. The molecule has 1 heterocycles. The number of rotatable bonds is 4. The number of ether oxygens (including phenoxy) is 1. The first-order chi connectivity index (χ1) is 8.13. The SMILES string of the molecule is CCOC(=O)[C@H](C)n1nc(C2CC2)ccc1=O. The smallest absolute Gasteiger partial charge is 0.330 e. The van der Waals surface area contributed by atoms with Crippen molar-refractivity contribution in [3.05, 3.63) is 28.2 Å². The van der Waals surface area contributed by atoms with Crippen molar-refractivity contribution in [2.75, 3.05) is 6.61 Å². The van der Waals surface area contributed by atoms with Crippen molar-refractivity contribution in [3.63, 3.8) is 0 Å². The molecule has 1 saturated carbocycles. The maximum absolute atomic E-state index is 11.7. The summed E-state index contributed by atoms with van der Waals surface area (Å²) >= 11 is 0. The molecule has 1 aromatic heterocycles. The molecule has 17 heavy (non-hydrogen) atoms. The normalized spacial score (nSPS) is 16.6. The third-order valence-corrected chi connectivity index (χ3v) is 2.84. The van der Waals surface area contributed by atoms with Gasteiger partial charge in [-0.05, 0) is 32.8 Å². The number of carbonyl (C=O) groups excluding carboxylic acids is 1. The fourth-order valence-electron chi connectivity index (χ4n) is 1.68. The first-order valence-electron chi connectivity index (χ1n) is 5.90. The van der Waals surface area contributed by atoms with Crippen LogP contribution in [0.25, 0.3) is 0 Å². The Balaban J connectivity index is 2.26. The van der Waals surface area contributed by atoms with E-state index >= 15 is 0 Å². The summed E-state index contributed by atoms with van der Waals surface area (Å²) in [4.78, 5) is 23.2. The largest absolute Gasteiger partial charge is 0.464 e. The van der Waals surface area contributed by atoms with Crippen LogP contribution in [0.3, 0.4) is 0 Å². The molecule has 0 aliphatic heterocycles. The van der Waals surface area contributed by atoms with Crippen molar-refractivity contribution < 1.29 is 9.53 Å². The van der Waals surface area contributed by atoms with E-state index in [2.05, 4.69) is 5.10 Å². The van der Waals surface area contributed by atoms with E-state index in [0.29, 0.717) is 12.5 Å². The highest BCUT2D eigenvalue weighted by Crippen LogP contribution is 2.38. The highest BCUT2D eigenvalue weighted by Gasteiger charge is 2.27. The van der Waals surface area contributed by atoms with Crippen LogP contribution in [0, 0.1) is 0 Å². The Bertz CT molecular complexity index is 477. The molecule has 1 atom stereocenters. The molecule has 1 aliphatic rings. The number of hydrogen-bond acceptors (Lipinski definition) is 4. The van der Waals surface area contributed by atoms with Crippen LogP contribution in [0.2, 0.25) is 0 Å². The van der Waals surface area contributed by atoms with Crippen LogP contribution in [-0.4, -0.2) is 22.4 Å². The second-order valence-corrected chi connectivity index (χ2v) is 4.24. The van der Waals surface area contributed by atoms with Gasteiger partial charge >= 0.3 is 5.97 Å². The number of aromatic nitrogens is 2. The van der Waals surface area contributed by atoms with Crippen LogP contribution in [0.5, 0.6) is 0 Å². The number of hydrogen-bond donors (Lipinski definition) is 0. The van der Waals surface area contributed by atoms with Gasteiger partial charge in [0.15, 0.2) is 6.04 Å². The lowest BCUT2D eigenvalue weighted by atomic mass is 10.2. The maximum Gasteiger partial charge on any atom is 0.330 e. The summed E-state index contributed by atoms with van der Waals surface area (Å²) in [6.07, 6.45) is 2.22. The molecule has 92 valence electrons. The lowest BCUT2D eigenvalue weighted by Gasteiger charge is -2.13. The Morgan fingerprint density at radius 1 is 1.59 bits per heavy atom. The maximum atomic E-state index is 11.7. The standard InChI is InChI=1S/C12H16N2O3/c1-3-17-12(16)8(2)14-11(15)7-6-10(13-14)9-4-5-9/h6-9H,3-5H2,1-2H3/t8-/m0/s1. The van der Waals surface area contributed by atoms with Gasteiger partial charge in [0.2, 0.25) is 0 Å². The number of esters is 1. The van der Waals surface area contributed by atoms with Gasteiger partial charge in [0.1, 0.15) is 0 Å². The molecule has 1 aliphatic carbocycles. The highest BCUT2D eigenvalue weighted by molar-refractivity contribution is 5.73. The van der Waals surface area contributed by atoms with Crippen LogP contribution in [0.4, 0.5) is 0 Å². The zero-order valence-electron chi connectivity index (χ0n) is 10.0. The van der Waals surface area contributed by atoms with E-state index in [1.54, 1.807) is 19.9 Å². The van der Waals surface area contributed by atoms with E-state index in [9.17, 15) is 9.59 Å². The molecule has 0 bridgehead atoms. The lowest BCUT2D eigenvalue weighted by Crippen LogP contribution is -2.31. The van der Waals surface area contributed by atoms with Crippen LogP contribution in [0.1, 0.15) is 44.3 Å². The Morgan fingerprint density at radius 2 is 2.29 bits per heavy atom. The first kappa shape index (κ1) is 11.8. The van der Waals surface area contributed by atoms with Gasteiger partial charge in [-0.25, -0.2) is 9.48 Å². The van der Waals surface area contributed by atoms with Crippen molar-refractivity contribution in [2.45, 2.75) is 38.6 Å². The van der Waals surface area contributed by atoms with E-state index in [0.717, 1.165) is 18.5 Å². The molecule has 1 fully saturated rings. The van der Waals surface area contributed by atoms with Crippen molar-refractivity contribution >= 4 is 5.97 Å². The van der Waals surface area contributed by atoms with Crippen LogP contribution in [-0.2, 0) is 9.53 Å². The summed E-state index contributed by atoms with van der Waals surface area (Å²) in [5, 5.41) is 4.24. The molecule has 1 aromatic rings. The van der Waals surface area contributed by atoms with Gasteiger partial charge in [-0.15, -0.1) is 0 Å². The summed E-state index contributed by atoms with van der Waals surface area (Å²) in [6, 6.07) is 2.55. The quantitative estimate of drug-likeness (QED) is 0.738. The van der Waals surface area contributed by atoms with Gasteiger partial charge in [-0.1, -0.05) is 0 Å². The Labute approximate surface area is 99.4 Å². The first-order valence-corrected chi connectivity index (χ1v) is 5.90. The van der Waals surface area contributed by atoms with E-state index in [4.69, 9.17) is 4.74 Å². The predicted octanol–water partition coefficient (Wildman–Crippen LogP) is 1.24. The Morgan fingerprint density at radius 3 is 2.88 bits per heavy atom. The van der Waals surface area contributed by atoms with Crippen molar-refractivity contribution in [2.24, 2.45) is 0 Å². The topological polar surface area (TPSA) is 61.2 Å².